The molecular weight excluding hydrogens is 393 g/mol. The zero-order chi connectivity index (χ0) is 20.5. The molecule has 1 fully saturated rings. The van der Waals surface area contributed by atoms with Crippen LogP contribution in [0.2, 0.25) is 0 Å². The first-order chi connectivity index (χ1) is 14.0. The number of carbonyl (C=O) groups is 1. The van der Waals surface area contributed by atoms with Crippen molar-refractivity contribution < 1.29 is 9.18 Å². The van der Waals surface area contributed by atoms with E-state index in [-0.39, 0.29) is 23.8 Å². The van der Waals surface area contributed by atoms with Crippen molar-refractivity contribution in [3.8, 4) is 0 Å². The van der Waals surface area contributed by atoms with Gasteiger partial charge in [-0.15, -0.1) is 0 Å². The van der Waals surface area contributed by atoms with E-state index in [1.54, 1.807) is 25.2 Å². The highest BCUT2D eigenvalue weighted by molar-refractivity contribution is 7.21. The van der Waals surface area contributed by atoms with Crippen LogP contribution in [0, 0.1) is 5.82 Å². The molecule has 0 aliphatic carbocycles. The van der Waals surface area contributed by atoms with Gasteiger partial charge in [0.2, 0.25) is 5.91 Å². The molecule has 7 nitrogen and oxygen atoms in total. The van der Waals surface area contributed by atoms with Crippen LogP contribution >= 0.6 is 11.3 Å². The SMILES string of the molecule is CCc1nc2sc(N3CCCC3C(=O)NCc3ccccc3F)nc2c(=O)n1C. The molecule has 3 heterocycles. The second-order valence-corrected chi connectivity index (χ2v) is 8.01. The summed E-state index contributed by atoms with van der Waals surface area (Å²) in [7, 11) is 1.70. The smallest absolute Gasteiger partial charge is 0.280 e. The number of hydrogen-bond donors (Lipinski definition) is 1. The highest BCUT2D eigenvalue weighted by Crippen LogP contribution is 2.31. The van der Waals surface area contributed by atoms with E-state index in [4.69, 9.17) is 0 Å². The second-order valence-electron chi connectivity index (χ2n) is 7.06. The van der Waals surface area contributed by atoms with Gasteiger partial charge in [-0.05, 0) is 18.9 Å². The van der Waals surface area contributed by atoms with Crippen LogP contribution < -0.4 is 15.8 Å². The molecule has 0 radical (unpaired) electrons. The Kier molecular flexibility index (Phi) is 5.31. The van der Waals surface area contributed by atoms with Gasteiger partial charge in [0.15, 0.2) is 15.5 Å². The molecule has 152 valence electrons. The summed E-state index contributed by atoms with van der Waals surface area (Å²) in [5.41, 5.74) is 0.612. The summed E-state index contributed by atoms with van der Waals surface area (Å²) in [6.07, 6.45) is 2.18. The molecule has 0 saturated carbocycles. The van der Waals surface area contributed by atoms with Crippen LogP contribution in [0.25, 0.3) is 10.3 Å². The number of aromatic nitrogens is 3. The molecule has 0 bridgehead atoms. The predicted molar refractivity (Wildman–Crippen MR) is 111 cm³/mol. The monoisotopic (exact) mass is 415 g/mol. The average molecular weight is 415 g/mol. The third-order valence-electron chi connectivity index (χ3n) is 5.25. The summed E-state index contributed by atoms with van der Waals surface area (Å²) in [6, 6.07) is 6.00. The van der Waals surface area contributed by atoms with Gasteiger partial charge in [-0.2, -0.15) is 0 Å². The number of thiazole rings is 1. The summed E-state index contributed by atoms with van der Waals surface area (Å²) in [5, 5.41) is 3.46. The van der Waals surface area contributed by atoms with Crippen LogP contribution in [0.3, 0.4) is 0 Å². The Balaban J connectivity index is 1.56. The molecule has 1 saturated heterocycles. The standard InChI is InChI=1S/C20H22FN5O2S/c1-3-15-23-18-16(19(28)25(15)2)24-20(29-18)26-10-6-9-14(26)17(27)22-11-12-7-4-5-8-13(12)21/h4-5,7-8,14H,3,6,9-11H2,1-2H3,(H,22,27). The van der Waals surface area contributed by atoms with Gasteiger partial charge in [0.25, 0.3) is 5.56 Å². The van der Waals surface area contributed by atoms with Crippen molar-refractivity contribution in [2.45, 2.75) is 38.8 Å². The number of hydrogen-bond acceptors (Lipinski definition) is 6. The van der Waals surface area contributed by atoms with Crippen LogP contribution in [0.15, 0.2) is 29.1 Å². The van der Waals surface area contributed by atoms with Crippen molar-refractivity contribution in [2.75, 3.05) is 11.4 Å². The second kappa shape index (κ2) is 7.90. The summed E-state index contributed by atoms with van der Waals surface area (Å²) < 4.78 is 15.3. The number of halogens is 1. The summed E-state index contributed by atoms with van der Waals surface area (Å²) >= 11 is 1.34. The van der Waals surface area contributed by atoms with Gasteiger partial charge in [-0.1, -0.05) is 36.5 Å². The molecular formula is C20H22FN5O2S. The van der Waals surface area contributed by atoms with Gasteiger partial charge in [0, 0.05) is 32.1 Å². The molecule has 9 heteroatoms. The maximum atomic E-state index is 13.8. The molecule has 2 aromatic heterocycles. The van der Waals surface area contributed by atoms with Gasteiger partial charge < -0.3 is 10.2 Å². The molecule has 4 rings (SSSR count). The quantitative estimate of drug-likeness (QED) is 0.692. The highest BCUT2D eigenvalue weighted by Gasteiger charge is 2.33. The number of benzene rings is 1. The Labute approximate surface area is 171 Å². The number of amides is 1. The molecule has 1 aliphatic rings. The first-order valence-corrected chi connectivity index (χ1v) is 10.5. The number of aryl methyl sites for hydroxylation is 1. The van der Waals surface area contributed by atoms with E-state index in [0.717, 1.165) is 6.42 Å². The number of nitrogens with zero attached hydrogens (tertiary/aromatic N) is 4. The Bertz CT molecular complexity index is 1130. The molecule has 1 N–H and O–H groups in total. The van der Waals surface area contributed by atoms with E-state index >= 15 is 0 Å². The highest BCUT2D eigenvalue weighted by atomic mass is 32.1. The van der Waals surface area contributed by atoms with E-state index in [0.29, 0.717) is 46.3 Å². The molecule has 1 aromatic carbocycles. The minimum absolute atomic E-state index is 0.137. The first-order valence-electron chi connectivity index (χ1n) is 9.63. The molecule has 1 amide bonds. The van der Waals surface area contributed by atoms with Crippen LogP contribution in [0.4, 0.5) is 9.52 Å². The number of carbonyl (C=O) groups excluding carboxylic acids is 1. The molecule has 1 unspecified atom stereocenters. The van der Waals surface area contributed by atoms with Crippen LogP contribution in [-0.2, 0) is 24.8 Å². The zero-order valence-corrected chi connectivity index (χ0v) is 17.1. The third kappa shape index (κ3) is 3.62. The van der Waals surface area contributed by atoms with Gasteiger partial charge in [0.05, 0.1) is 0 Å². The van der Waals surface area contributed by atoms with Crippen molar-refractivity contribution in [1.82, 2.24) is 19.9 Å². The molecule has 1 atom stereocenters. The lowest BCUT2D eigenvalue weighted by Crippen LogP contribution is -2.43. The van der Waals surface area contributed by atoms with Crippen LogP contribution in [-0.4, -0.2) is 33.0 Å². The molecule has 3 aromatic rings. The lowest BCUT2D eigenvalue weighted by molar-refractivity contribution is -0.122. The Morgan fingerprint density at radius 3 is 2.90 bits per heavy atom. The minimum Gasteiger partial charge on any atom is -0.350 e. The number of anilines is 1. The van der Waals surface area contributed by atoms with E-state index in [9.17, 15) is 14.0 Å². The zero-order valence-electron chi connectivity index (χ0n) is 16.3. The number of fused-ring (bicyclic) bond motifs is 1. The fourth-order valence-electron chi connectivity index (χ4n) is 3.63. The predicted octanol–water partition coefficient (Wildman–Crippen LogP) is 2.38. The van der Waals surface area contributed by atoms with Gasteiger partial charge in [-0.3, -0.25) is 14.2 Å². The van der Waals surface area contributed by atoms with E-state index in [1.807, 2.05) is 11.8 Å². The normalized spacial score (nSPS) is 16.5. The van der Waals surface area contributed by atoms with Crippen molar-refractivity contribution in [3.63, 3.8) is 0 Å². The Morgan fingerprint density at radius 1 is 1.34 bits per heavy atom. The van der Waals surface area contributed by atoms with Gasteiger partial charge in [-0.25, -0.2) is 14.4 Å². The largest absolute Gasteiger partial charge is 0.350 e. The topological polar surface area (TPSA) is 80.1 Å². The molecule has 29 heavy (non-hydrogen) atoms. The van der Waals surface area contributed by atoms with Crippen molar-refractivity contribution in [2.24, 2.45) is 7.05 Å². The minimum atomic E-state index is -0.392. The maximum absolute atomic E-state index is 13.8. The lowest BCUT2D eigenvalue weighted by Gasteiger charge is -2.23. The van der Waals surface area contributed by atoms with E-state index in [1.165, 1.54) is 22.0 Å². The van der Waals surface area contributed by atoms with Crippen molar-refractivity contribution in [1.29, 1.82) is 0 Å². The number of rotatable bonds is 5. The molecule has 1 aliphatic heterocycles. The average Bonchev–Trinajstić information content (AvgIpc) is 3.36. The Morgan fingerprint density at radius 2 is 2.14 bits per heavy atom. The van der Waals surface area contributed by atoms with Crippen molar-refractivity contribution in [3.05, 3.63) is 51.8 Å². The van der Waals surface area contributed by atoms with Gasteiger partial charge >= 0.3 is 0 Å². The summed E-state index contributed by atoms with van der Waals surface area (Å²) in [5.74, 6) is 0.203. The van der Waals surface area contributed by atoms with Crippen molar-refractivity contribution >= 4 is 32.7 Å². The first kappa shape index (κ1) is 19.5. The molecule has 0 spiro atoms. The van der Waals surface area contributed by atoms with Crippen LogP contribution in [0.5, 0.6) is 0 Å². The number of nitrogens with one attached hydrogen (secondary N) is 1. The fraction of sp³-hybridized carbons (Fsp3) is 0.400. The lowest BCUT2D eigenvalue weighted by atomic mass is 10.2. The third-order valence-corrected chi connectivity index (χ3v) is 6.24. The van der Waals surface area contributed by atoms with E-state index in [2.05, 4.69) is 15.3 Å². The maximum Gasteiger partial charge on any atom is 0.280 e. The van der Waals surface area contributed by atoms with Gasteiger partial charge in [0.1, 0.15) is 17.7 Å². The van der Waals surface area contributed by atoms with E-state index < -0.39 is 6.04 Å². The summed E-state index contributed by atoms with van der Waals surface area (Å²) in [4.78, 5) is 36.9. The summed E-state index contributed by atoms with van der Waals surface area (Å²) in [6.45, 7) is 2.77. The van der Waals surface area contributed by atoms with Crippen LogP contribution in [0.1, 0.15) is 31.2 Å². The Hall–Kier alpha value is -2.81. The fourth-order valence-corrected chi connectivity index (χ4v) is 4.66.